The molecule has 0 saturated heterocycles. The van der Waals surface area contributed by atoms with Gasteiger partial charge in [-0.1, -0.05) is 18.2 Å². The number of ether oxygens (including phenoxy) is 1. The average molecular weight is 262 g/mol. The number of rotatable bonds is 5. The highest BCUT2D eigenvalue weighted by atomic mass is 32.2. The molecule has 1 aromatic carbocycles. The molecule has 0 heterocycles. The molecule has 94 valence electrons. The van der Waals surface area contributed by atoms with E-state index in [0.29, 0.717) is 6.61 Å². The van der Waals surface area contributed by atoms with E-state index in [-0.39, 0.29) is 5.56 Å². The Kier molecular flexibility index (Phi) is 5.41. The smallest absolute Gasteiger partial charge is 0.416 e. The molecule has 5 heteroatoms. The summed E-state index contributed by atoms with van der Waals surface area (Å²) in [5.41, 5.74) is -0.533. The summed E-state index contributed by atoms with van der Waals surface area (Å²) >= 11 is 1.62. The van der Waals surface area contributed by atoms with E-state index in [1.165, 1.54) is 24.5 Å². The molecule has 0 radical (unpaired) electrons. The van der Waals surface area contributed by atoms with Gasteiger partial charge in [0.05, 0.1) is 18.4 Å². The van der Waals surface area contributed by atoms with Crippen molar-refractivity contribution in [3.63, 3.8) is 0 Å². The first-order valence-electron chi connectivity index (χ1n) is 4.99. The van der Waals surface area contributed by atoms with Gasteiger partial charge in [0.25, 0.3) is 0 Å². The number of thioether (sulfide) groups is 1. The third-order valence-electron chi connectivity index (χ3n) is 2.02. The maximum atomic E-state index is 12.6. The van der Waals surface area contributed by atoms with E-state index in [1.54, 1.807) is 17.8 Å². The Balaban J connectivity index is 2.71. The van der Waals surface area contributed by atoms with Crippen molar-refractivity contribution >= 4 is 17.8 Å². The first-order valence-corrected chi connectivity index (χ1v) is 6.38. The highest BCUT2D eigenvalue weighted by molar-refractivity contribution is 7.98. The third kappa shape index (κ3) is 4.73. The van der Waals surface area contributed by atoms with Gasteiger partial charge in [0.2, 0.25) is 0 Å². The van der Waals surface area contributed by atoms with E-state index in [0.717, 1.165) is 11.8 Å². The topological polar surface area (TPSA) is 9.23 Å². The average Bonchev–Trinajstić information content (AvgIpc) is 2.28. The molecule has 0 unspecified atom stereocenters. The summed E-state index contributed by atoms with van der Waals surface area (Å²) < 4.78 is 42.9. The maximum absolute atomic E-state index is 12.6. The Bertz CT molecular complexity index is 374. The van der Waals surface area contributed by atoms with Gasteiger partial charge >= 0.3 is 6.18 Å². The largest absolute Gasteiger partial charge is 0.500 e. The second-order valence-corrected chi connectivity index (χ2v) is 4.24. The fourth-order valence-corrected chi connectivity index (χ4v) is 1.48. The quantitative estimate of drug-likeness (QED) is 0.584. The number of halogens is 3. The summed E-state index contributed by atoms with van der Waals surface area (Å²) in [5, 5.41) is 0. The van der Waals surface area contributed by atoms with Crippen LogP contribution in [0.3, 0.4) is 0 Å². The SMILES string of the molecule is CSCCO/C=C/c1ccccc1C(F)(F)F. The molecule has 0 aliphatic carbocycles. The monoisotopic (exact) mass is 262 g/mol. The van der Waals surface area contributed by atoms with E-state index in [1.807, 2.05) is 6.26 Å². The zero-order valence-corrected chi connectivity index (χ0v) is 10.1. The van der Waals surface area contributed by atoms with E-state index < -0.39 is 11.7 Å². The van der Waals surface area contributed by atoms with E-state index >= 15 is 0 Å². The van der Waals surface area contributed by atoms with E-state index in [9.17, 15) is 13.2 Å². The lowest BCUT2D eigenvalue weighted by Gasteiger charge is -2.09. The van der Waals surface area contributed by atoms with Crippen LogP contribution in [0.15, 0.2) is 30.5 Å². The molecule has 0 aliphatic rings. The van der Waals surface area contributed by atoms with Crippen molar-refractivity contribution in [1.82, 2.24) is 0 Å². The number of alkyl halides is 3. The Hall–Kier alpha value is -1.10. The van der Waals surface area contributed by atoms with Crippen LogP contribution in [0.2, 0.25) is 0 Å². The fraction of sp³-hybridized carbons (Fsp3) is 0.333. The number of hydrogen-bond donors (Lipinski definition) is 0. The van der Waals surface area contributed by atoms with Crippen LogP contribution < -0.4 is 0 Å². The molecule has 0 saturated carbocycles. The lowest BCUT2D eigenvalue weighted by atomic mass is 10.1. The minimum atomic E-state index is -4.33. The molecule has 1 aromatic rings. The molecular weight excluding hydrogens is 249 g/mol. The lowest BCUT2D eigenvalue weighted by Crippen LogP contribution is -2.06. The van der Waals surface area contributed by atoms with Gasteiger partial charge in [0.1, 0.15) is 0 Å². The molecular formula is C12H13F3OS. The minimum absolute atomic E-state index is 0.115. The molecule has 0 atom stereocenters. The Morgan fingerprint density at radius 3 is 2.65 bits per heavy atom. The van der Waals surface area contributed by atoms with Gasteiger partial charge in [-0.25, -0.2) is 0 Å². The van der Waals surface area contributed by atoms with E-state index in [4.69, 9.17) is 4.74 Å². The molecule has 0 amide bonds. The standard InChI is InChI=1S/C12H13F3OS/c1-17-9-8-16-7-6-10-4-2-3-5-11(10)12(13,14)15/h2-7H,8-9H2,1H3/b7-6+. The molecule has 0 N–H and O–H groups in total. The van der Waals surface area contributed by atoms with Crippen LogP contribution in [0.5, 0.6) is 0 Å². The highest BCUT2D eigenvalue weighted by Crippen LogP contribution is 2.32. The van der Waals surface area contributed by atoms with Crippen molar-refractivity contribution in [3.05, 3.63) is 41.7 Å². The summed E-state index contributed by atoms with van der Waals surface area (Å²) in [5.74, 6) is 0.811. The van der Waals surface area contributed by atoms with Crippen LogP contribution in [0.25, 0.3) is 6.08 Å². The summed E-state index contributed by atoms with van der Waals surface area (Å²) in [6.45, 7) is 0.492. The Morgan fingerprint density at radius 1 is 1.29 bits per heavy atom. The lowest BCUT2D eigenvalue weighted by molar-refractivity contribution is -0.137. The van der Waals surface area contributed by atoms with Gasteiger partial charge in [0.15, 0.2) is 0 Å². The molecule has 17 heavy (non-hydrogen) atoms. The Labute approximate surface area is 103 Å². The predicted octanol–water partition coefficient (Wildman–Crippen LogP) is 4.06. The zero-order valence-electron chi connectivity index (χ0n) is 9.33. The second kappa shape index (κ2) is 6.59. The summed E-state index contributed by atoms with van der Waals surface area (Å²) in [6.07, 6.45) is 0.246. The molecule has 1 nitrogen and oxygen atoms in total. The summed E-state index contributed by atoms with van der Waals surface area (Å²) in [6, 6.07) is 5.41. The van der Waals surface area contributed by atoms with Crippen molar-refractivity contribution < 1.29 is 17.9 Å². The number of hydrogen-bond acceptors (Lipinski definition) is 2. The maximum Gasteiger partial charge on any atom is 0.416 e. The van der Waals surface area contributed by atoms with Crippen LogP contribution >= 0.6 is 11.8 Å². The van der Waals surface area contributed by atoms with Crippen molar-refractivity contribution in [2.45, 2.75) is 6.18 Å². The molecule has 0 bridgehead atoms. The molecule has 0 fully saturated rings. The second-order valence-electron chi connectivity index (χ2n) is 3.25. The minimum Gasteiger partial charge on any atom is -0.500 e. The molecule has 0 spiro atoms. The molecule has 0 aromatic heterocycles. The normalized spacial score (nSPS) is 12.0. The molecule has 0 aliphatic heterocycles. The Morgan fingerprint density at radius 2 is 2.00 bits per heavy atom. The van der Waals surface area contributed by atoms with Crippen LogP contribution in [0, 0.1) is 0 Å². The van der Waals surface area contributed by atoms with Crippen molar-refractivity contribution in [2.24, 2.45) is 0 Å². The van der Waals surface area contributed by atoms with Gasteiger partial charge in [-0.05, 0) is 24.0 Å². The van der Waals surface area contributed by atoms with Gasteiger partial charge in [-0.2, -0.15) is 24.9 Å². The van der Waals surface area contributed by atoms with Gasteiger partial charge in [-0.3, -0.25) is 0 Å². The van der Waals surface area contributed by atoms with Gasteiger partial charge in [-0.15, -0.1) is 0 Å². The van der Waals surface area contributed by atoms with Crippen LogP contribution in [0.1, 0.15) is 11.1 Å². The fourth-order valence-electron chi connectivity index (χ4n) is 1.22. The van der Waals surface area contributed by atoms with E-state index in [2.05, 4.69) is 0 Å². The summed E-state index contributed by atoms with van der Waals surface area (Å²) in [4.78, 5) is 0. The number of benzene rings is 1. The van der Waals surface area contributed by atoms with Crippen LogP contribution in [-0.2, 0) is 10.9 Å². The van der Waals surface area contributed by atoms with Crippen molar-refractivity contribution in [3.8, 4) is 0 Å². The van der Waals surface area contributed by atoms with Crippen molar-refractivity contribution in [1.29, 1.82) is 0 Å². The first kappa shape index (κ1) is 14.0. The van der Waals surface area contributed by atoms with Gasteiger partial charge in [0, 0.05) is 5.75 Å². The molecule has 1 rings (SSSR count). The first-order chi connectivity index (χ1) is 8.05. The third-order valence-corrected chi connectivity index (χ3v) is 2.59. The highest BCUT2D eigenvalue weighted by Gasteiger charge is 2.32. The summed E-state index contributed by atoms with van der Waals surface area (Å²) in [7, 11) is 0. The van der Waals surface area contributed by atoms with Crippen molar-refractivity contribution in [2.75, 3.05) is 18.6 Å². The van der Waals surface area contributed by atoms with Crippen LogP contribution in [-0.4, -0.2) is 18.6 Å². The van der Waals surface area contributed by atoms with Crippen LogP contribution in [0.4, 0.5) is 13.2 Å². The predicted molar refractivity (Wildman–Crippen MR) is 64.8 cm³/mol. The zero-order chi connectivity index (χ0) is 12.7. The van der Waals surface area contributed by atoms with Gasteiger partial charge < -0.3 is 4.74 Å².